The Morgan fingerprint density at radius 2 is 1.61 bits per heavy atom. The van der Waals surface area contributed by atoms with Crippen molar-refractivity contribution in [1.82, 2.24) is 16.0 Å². The number of aliphatic carboxylic acids is 1. The fourth-order valence-electron chi connectivity index (χ4n) is 1.98. The molecule has 0 aliphatic heterocycles. The van der Waals surface area contributed by atoms with Gasteiger partial charge >= 0.3 is 5.97 Å². The average molecular weight is 438 g/mol. The van der Waals surface area contributed by atoms with Crippen LogP contribution in [0.5, 0.6) is 0 Å². The lowest BCUT2D eigenvalue weighted by atomic mass is 10.1. The molecule has 28 heavy (non-hydrogen) atoms. The molecule has 3 atom stereocenters. The lowest BCUT2D eigenvalue weighted by molar-refractivity contribution is -0.138. The number of thiol groups is 1. The van der Waals surface area contributed by atoms with Crippen LogP contribution in [0, 0.1) is 0 Å². The molecule has 0 aliphatic rings. The number of hydrogen-bond acceptors (Lipinski definition) is 8. The first kappa shape index (κ1) is 26.0. The zero-order valence-electron chi connectivity index (χ0n) is 15.5. The summed E-state index contributed by atoms with van der Waals surface area (Å²) >= 11 is 5.35. The molecular formula is C15H27N5O6S2. The Labute approximate surface area is 172 Å². The van der Waals surface area contributed by atoms with Gasteiger partial charge in [-0.3, -0.25) is 24.0 Å². The Kier molecular flexibility index (Phi) is 13.1. The summed E-state index contributed by atoms with van der Waals surface area (Å²) in [5, 5.41) is 15.8. The highest BCUT2D eigenvalue weighted by Crippen LogP contribution is 2.04. The zero-order chi connectivity index (χ0) is 21.7. The summed E-state index contributed by atoms with van der Waals surface area (Å²) in [5.74, 6) is -3.35. The second-order valence-corrected chi connectivity index (χ2v) is 7.16. The largest absolute Gasteiger partial charge is 0.480 e. The maximum Gasteiger partial charge on any atom is 0.322 e. The minimum atomic E-state index is -1.23. The highest BCUT2D eigenvalue weighted by molar-refractivity contribution is 7.98. The number of carbonyl (C=O) groups excluding carboxylic acids is 4. The van der Waals surface area contributed by atoms with Crippen LogP contribution in [0.4, 0.5) is 0 Å². The van der Waals surface area contributed by atoms with Gasteiger partial charge in [-0.15, -0.1) is 0 Å². The number of nitrogens with two attached hydrogens (primary N) is 2. The van der Waals surface area contributed by atoms with Crippen molar-refractivity contribution in [3.63, 3.8) is 0 Å². The predicted molar refractivity (Wildman–Crippen MR) is 108 cm³/mol. The minimum absolute atomic E-state index is 0.0456. The zero-order valence-corrected chi connectivity index (χ0v) is 17.2. The van der Waals surface area contributed by atoms with Crippen molar-refractivity contribution in [2.75, 3.05) is 24.3 Å². The third kappa shape index (κ3) is 11.0. The molecule has 0 saturated heterocycles. The van der Waals surface area contributed by atoms with Gasteiger partial charge in [0.25, 0.3) is 0 Å². The van der Waals surface area contributed by atoms with E-state index in [2.05, 4.69) is 28.6 Å². The van der Waals surface area contributed by atoms with Crippen LogP contribution in [-0.2, 0) is 24.0 Å². The highest BCUT2D eigenvalue weighted by atomic mass is 32.2. The van der Waals surface area contributed by atoms with Crippen molar-refractivity contribution in [2.24, 2.45) is 11.5 Å². The lowest BCUT2D eigenvalue weighted by Gasteiger charge is -2.23. The van der Waals surface area contributed by atoms with Gasteiger partial charge in [-0.2, -0.15) is 24.4 Å². The molecule has 0 heterocycles. The van der Waals surface area contributed by atoms with Crippen LogP contribution in [0.1, 0.15) is 19.3 Å². The van der Waals surface area contributed by atoms with E-state index in [0.717, 1.165) is 0 Å². The molecule has 8 N–H and O–H groups in total. The molecule has 160 valence electrons. The summed E-state index contributed by atoms with van der Waals surface area (Å²) in [6.07, 6.45) is 1.79. The van der Waals surface area contributed by atoms with Gasteiger partial charge in [-0.25, -0.2) is 0 Å². The van der Waals surface area contributed by atoms with E-state index in [1.54, 1.807) is 0 Å². The predicted octanol–water partition coefficient (Wildman–Crippen LogP) is -2.57. The number of hydrogen-bond donors (Lipinski definition) is 7. The third-order valence-electron chi connectivity index (χ3n) is 3.50. The van der Waals surface area contributed by atoms with Gasteiger partial charge in [-0.05, 0) is 24.9 Å². The lowest BCUT2D eigenvalue weighted by Crippen LogP contribution is -2.56. The summed E-state index contributed by atoms with van der Waals surface area (Å²) in [6, 6.07) is -3.11. The van der Waals surface area contributed by atoms with Crippen LogP contribution >= 0.6 is 24.4 Å². The van der Waals surface area contributed by atoms with Gasteiger partial charge in [0, 0.05) is 12.2 Å². The van der Waals surface area contributed by atoms with Crippen LogP contribution < -0.4 is 27.4 Å². The third-order valence-corrected chi connectivity index (χ3v) is 4.54. The van der Waals surface area contributed by atoms with Gasteiger partial charge in [0.05, 0.1) is 6.04 Å². The van der Waals surface area contributed by atoms with E-state index in [4.69, 9.17) is 16.6 Å². The second kappa shape index (κ2) is 14.1. The van der Waals surface area contributed by atoms with E-state index < -0.39 is 54.3 Å². The quantitative estimate of drug-likeness (QED) is 0.144. The van der Waals surface area contributed by atoms with Crippen molar-refractivity contribution in [1.29, 1.82) is 0 Å². The minimum Gasteiger partial charge on any atom is -0.480 e. The fraction of sp³-hybridized carbons (Fsp3) is 0.667. The molecule has 4 amide bonds. The molecular weight excluding hydrogens is 410 g/mol. The van der Waals surface area contributed by atoms with E-state index >= 15 is 0 Å². The second-order valence-electron chi connectivity index (χ2n) is 5.81. The van der Waals surface area contributed by atoms with Crippen LogP contribution in [0.25, 0.3) is 0 Å². The number of nitrogens with one attached hydrogen (secondary N) is 3. The molecule has 0 aromatic rings. The van der Waals surface area contributed by atoms with Crippen molar-refractivity contribution in [3.8, 4) is 0 Å². The van der Waals surface area contributed by atoms with Gasteiger partial charge < -0.3 is 32.5 Å². The topological polar surface area (TPSA) is 194 Å². The Hall–Kier alpha value is -1.99. The molecule has 3 unspecified atom stereocenters. The molecule has 0 aliphatic carbocycles. The number of primary amides is 1. The molecule has 0 saturated carbocycles. The Morgan fingerprint density at radius 1 is 1.04 bits per heavy atom. The van der Waals surface area contributed by atoms with Gasteiger partial charge in [-0.1, -0.05) is 0 Å². The fourth-order valence-corrected chi connectivity index (χ4v) is 2.62. The molecule has 0 radical (unpaired) electrons. The molecule has 0 bridgehead atoms. The molecule has 0 fully saturated rings. The number of carboxylic acids is 1. The number of carbonyl (C=O) groups is 5. The summed E-state index contributed by atoms with van der Waals surface area (Å²) in [5.41, 5.74) is 10.7. The van der Waals surface area contributed by atoms with Crippen LogP contribution in [0.2, 0.25) is 0 Å². The van der Waals surface area contributed by atoms with E-state index in [1.807, 2.05) is 6.26 Å². The number of carboxylic acid groups (broad SMARTS) is 1. The van der Waals surface area contributed by atoms with E-state index in [-0.39, 0.29) is 25.0 Å². The van der Waals surface area contributed by atoms with Crippen LogP contribution in [0.3, 0.4) is 0 Å². The van der Waals surface area contributed by atoms with Gasteiger partial charge in [0.15, 0.2) is 0 Å². The van der Waals surface area contributed by atoms with Crippen LogP contribution in [0.15, 0.2) is 0 Å². The Morgan fingerprint density at radius 3 is 2.11 bits per heavy atom. The van der Waals surface area contributed by atoms with Crippen molar-refractivity contribution in [3.05, 3.63) is 0 Å². The van der Waals surface area contributed by atoms with E-state index in [1.165, 1.54) is 11.8 Å². The summed E-state index contributed by atoms with van der Waals surface area (Å²) in [7, 11) is 0. The average Bonchev–Trinajstić information content (AvgIpc) is 2.64. The van der Waals surface area contributed by atoms with Gasteiger partial charge in [0.2, 0.25) is 23.6 Å². The van der Waals surface area contributed by atoms with E-state index in [9.17, 15) is 24.0 Å². The maximum atomic E-state index is 12.6. The maximum absolute atomic E-state index is 12.6. The normalized spacial score (nSPS) is 13.7. The molecule has 0 rings (SSSR count). The van der Waals surface area contributed by atoms with Crippen molar-refractivity contribution in [2.45, 2.75) is 37.4 Å². The Balaban J connectivity index is 5.18. The first-order valence-corrected chi connectivity index (χ1v) is 10.4. The number of rotatable bonds is 14. The van der Waals surface area contributed by atoms with Crippen molar-refractivity contribution >= 4 is 54.0 Å². The first-order chi connectivity index (χ1) is 13.1. The molecule has 11 nitrogen and oxygen atoms in total. The molecule has 0 aromatic heterocycles. The summed E-state index contributed by atoms with van der Waals surface area (Å²) in [4.78, 5) is 58.4. The SMILES string of the molecule is CSCCC(NC(=O)C(CCC(N)=O)NC(=O)C(N)CS)C(=O)NCC(=O)O. The van der Waals surface area contributed by atoms with E-state index in [0.29, 0.717) is 5.75 Å². The van der Waals surface area contributed by atoms with Crippen LogP contribution in [-0.4, -0.2) is 77.1 Å². The summed E-state index contributed by atoms with van der Waals surface area (Å²) < 4.78 is 0. The Bertz CT molecular complexity index is 577. The molecule has 0 spiro atoms. The van der Waals surface area contributed by atoms with Crippen molar-refractivity contribution < 1.29 is 29.1 Å². The monoisotopic (exact) mass is 437 g/mol. The smallest absolute Gasteiger partial charge is 0.322 e. The van der Waals surface area contributed by atoms with Gasteiger partial charge in [0.1, 0.15) is 18.6 Å². The standard InChI is InChI=1S/C15H27N5O6S2/c1-28-5-4-10(14(25)18-6-12(22)23)20-15(26)9(2-3-11(17)21)19-13(24)8(16)7-27/h8-10,27H,2-7,16H2,1H3,(H2,17,21)(H,18,25)(H,19,24)(H,20,26)(H,22,23). The summed E-state index contributed by atoms with van der Waals surface area (Å²) in [6.45, 7) is -0.594. The number of thioether (sulfide) groups is 1. The first-order valence-electron chi connectivity index (χ1n) is 8.36. The highest BCUT2D eigenvalue weighted by Gasteiger charge is 2.28. The number of amides is 4. The molecule has 13 heteroatoms. The molecule has 0 aromatic carbocycles.